The molecular weight excluding hydrogens is 268 g/mol. The topological polar surface area (TPSA) is 64.7 Å². The van der Waals surface area contributed by atoms with Crippen molar-refractivity contribution in [1.29, 1.82) is 0 Å². The average Bonchev–Trinajstić information content (AvgIpc) is 2.89. The van der Waals surface area contributed by atoms with Gasteiger partial charge in [-0.25, -0.2) is 15.0 Å². The number of rotatable bonds is 2. The zero-order valence-corrected chi connectivity index (χ0v) is 12.1. The summed E-state index contributed by atoms with van der Waals surface area (Å²) in [6.45, 7) is 3.90. The number of anilines is 1. The Balaban J connectivity index is 2.18. The maximum Gasteiger partial charge on any atom is 0.181 e. The standard InChI is InChI=1S/C15H14N4S/c1-9-13(11-6-4-3-5-7-11)18-15(19-14(9)16)12-8-20-10(2)17-12/h3-8H,1-2H3,(H2,16,18,19). The third-order valence-corrected chi connectivity index (χ3v) is 3.85. The van der Waals surface area contributed by atoms with Gasteiger partial charge in [-0.05, 0) is 13.8 Å². The fourth-order valence-electron chi connectivity index (χ4n) is 1.99. The second-order valence-corrected chi connectivity index (χ2v) is 5.59. The molecule has 3 rings (SSSR count). The molecule has 4 nitrogen and oxygen atoms in total. The Morgan fingerprint density at radius 1 is 1.00 bits per heavy atom. The molecule has 2 N–H and O–H groups in total. The van der Waals surface area contributed by atoms with Crippen LogP contribution < -0.4 is 5.73 Å². The second-order valence-electron chi connectivity index (χ2n) is 4.52. The lowest BCUT2D eigenvalue weighted by Gasteiger charge is -2.09. The smallest absolute Gasteiger partial charge is 0.181 e. The first-order valence-electron chi connectivity index (χ1n) is 6.27. The number of aromatic nitrogens is 3. The Hall–Kier alpha value is -2.27. The lowest BCUT2D eigenvalue weighted by molar-refractivity contribution is 1.13. The van der Waals surface area contributed by atoms with E-state index in [9.17, 15) is 0 Å². The molecule has 0 saturated heterocycles. The molecule has 0 aliphatic rings. The normalized spacial score (nSPS) is 10.7. The van der Waals surface area contributed by atoms with Gasteiger partial charge in [0.1, 0.15) is 11.5 Å². The summed E-state index contributed by atoms with van der Waals surface area (Å²) in [6.07, 6.45) is 0. The van der Waals surface area contributed by atoms with Crippen LogP contribution in [-0.2, 0) is 0 Å². The predicted molar refractivity (Wildman–Crippen MR) is 82.5 cm³/mol. The lowest BCUT2D eigenvalue weighted by Crippen LogP contribution is -2.02. The zero-order valence-electron chi connectivity index (χ0n) is 11.3. The van der Waals surface area contributed by atoms with Gasteiger partial charge in [0.15, 0.2) is 5.82 Å². The van der Waals surface area contributed by atoms with E-state index in [0.717, 1.165) is 27.5 Å². The van der Waals surface area contributed by atoms with E-state index in [-0.39, 0.29) is 0 Å². The third kappa shape index (κ3) is 2.28. The van der Waals surface area contributed by atoms with Gasteiger partial charge in [-0.15, -0.1) is 11.3 Å². The summed E-state index contributed by atoms with van der Waals surface area (Å²) >= 11 is 1.58. The molecule has 0 aliphatic carbocycles. The van der Waals surface area contributed by atoms with Crippen molar-refractivity contribution in [3.63, 3.8) is 0 Å². The Kier molecular flexibility index (Phi) is 3.20. The van der Waals surface area contributed by atoms with E-state index >= 15 is 0 Å². The Morgan fingerprint density at radius 2 is 1.75 bits per heavy atom. The van der Waals surface area contributed by atoms with E-state index in [1.165, 1.54) is 0 Å². The van der Waals surface area contributed by atoms with E-state index in [4.69, 9.17) is 5.73 Å². The van der Waals surface area contributed by atoms with Gasteiger partial charge in [0, 0.05) is 16.5 Å². The highest BCUT2D eigenvalue weighted by atomic mass is 32.1. The number of nitrogens with two attached hydrogens (primary N) is 1. The summed E-state index contributed by atoms with van der Waals surface area (Å²) in [7, 11) is 0. The fraction of sp³-hybridized carbons (Fsp3) is 0.133. The second kappa shape index (κ2) is 5.02. The largest absolute Gasteiger partial charge is 0.383 e. The molecule has 3 aromatic rings. The number of benzene rings is 1. The first-order chi connectivity index (χ1) is 9.65. The minimum absolute atomic E-state index is 0.500. The number of aryl methyl sites for hydroxylation is 1. The maximum atomic E-state index is 6.03. The monoisotopic (exact) mass is 282 g/mol. The molecule has 1 aromatic carbocycles. The molecule has 0 atom stereocenters. The molecule has 0 amide bonds. The fourth-order valence-corrected chi connectivity index (χ4v) is 2.58. The van der Waals surface area contributed by atoms with E-state index in [2.05, 4.69) is 15.0 Å². The highest BCUT2D eigenvalue weighted by molar-refractivity contribution is 7.09. The van der Waals surface area contributed by atoms with Gasteiger partial charge < -0.3 is 5.73 Å². The summed E-state index contributed by atoms with van der Waals surface area (Å²) in [5, 5.41) is 2.94. The molecule has 2 aromatic heterocycles. The quantitative estimate of drug-likeness (QED) is 0.781. The molecule has 0 saturated carbocycles. The van der Waals surface area contributed by atoms with Gasteiger partial charge >= 0.3 is 0 Å². The minimum Gasteiger partial charge on any atom is -0.383 e. The van der Waals surface area contributed by atoms with Gasteiger partial charge in [-0.1, -0.05) is 30.3 Å². The average molecular weight is 282 g/mol. The number of hydrogen-bond donors (Lipinski definition) is 1. The molecule has 0 spiro atoms. The van der Waals surface area contributed by atoms with Gasteiger partial charge in [-0.3, -0.25) is 0 Å². The lowest BCUT2D eigenvalue weighted by atomic mass is 10.1. The van der Waals surface area contributed by atoms with E-state index in [1.54, 1.807) is 11.3 Å². The molecule has 2 heterocycles. The van der Waals surface area contributed by atoms with Crippen LogP contribution in [0.1, 0.15) is 10.6 Å². The summed E-state index contributed by atoms with van der Waals surface area (Å²) in [5.74, 6) is 1.08. The first-order valence-corrected chi connectivity index (χ1v) is 7.15. The molecule has 0 fully saturated rings. The molecule has 5 heteroatoms. The third-order valence-electron chi connectivity index (χ3n) is 3.08. The molecule has 20 heavy (non-hydrogen) atoms. The van der Waals surface area contributed by atoms with E-state index in [0.29, 0.717) is 11.6 Å². The van der Waals surface area contributed by atoms with Crippen molar-refractivity contribution < 1.29 is 0 Å². The van der Waals surface area contributed by atoms with Crippen LogP contribution in [0.25, 0.3) is 22.8 Å². The van der Waals surface area contributed by atoms with Crippen LogP contribution in [-0.4, -0.2) is 15.0 Å². The molecular formula is C15H14N4S. The van der Waals surface area contributed by atoms with E-state index in [1.807, 2.05) is 49.6 Å². The van der Waals surface area contributed by atoms with Crippen LogP contribution in [0.3, 0.4) is 0 Å². The van der Waals surface area contributed by atoms with Crippen LogP contribution >= 0.6 is 11.3 Å². The number of hydrogen-bond acceptors (Lipinski definition) is 5. The first kappa shape index (κ1) is 12.7. The van der Waals surface area contributed by atoms with Crippen molar-refractivity contribution >= 4 is 17.2 Å². The van der Waals surface area contributed by atoms with Gasteiger partial charge in [0.25, 0.3) is 0 Å². The van der Waals surface area contributed by atoms with Crippen molar-refractivity contribution in [2.75, 3.05) is 5.73 Å². The molecule has 0 aliphatic heterocycles. The van der Waals surface area contributed by atoms with E-state index < -0.39 is 0 Å². The van der Waals surface area contributed by atoms with Crippen molar-refractivity contribution in [2.24, 2.45) is 0 Å². The highest BCUT2D eigenvalue weighted by Crippen LogP contribution is 2.27. The Labute approximate surface area is 121 Å². The summed E-state index contributed by atoms with van der Waals surface area (Å²) in [6, 6.07) is 9.99. The number of nitrogen functional groups attached to an aromatic ring is 1. The van der Waals surface area contributed by atoms with Gasteiger partial charge in [0.2, 0.25) is 0 Å². The Bertz CT molecular complexity index is 750. The molecule has 0 radical (unpaired) electrons. The summed E-state index contributed by atoms with van der Waals surface area (Å²) < 4.78 is 0. The van der Waals surface area contributed by atoms with Crippen LogP contribution in [0, 0.1) is 13.8 Å². The van der Waals surface area contributed by atoms with Crippen LogP contribution in [0.5, 0.6) is 0 Å². The SMILES string of the molecule is Cc1nc(-c2nc(N)c(C)c(-c3ccccc3)n2)cs1. The minimum atomic E-state index is 0.500. The molecule has 0 unspecified atom stereocenters. The van der Waals surface area contributed by atoms with Crippen molar-refractivity contribution in [2.45, 2.75) is 13.8 Å². The highest BCUT2D eigenvalue weighted by Gasteiger charge is 2.13. The number of thiazole rings is 1. The van der Waals surface area contributed by atoms with Crippen molar-refractivity contribution in [1.82, 2.24) is 15.0 Å². The van der Waals surface area contributed by atoms with Crippen molar-refractivity contribution in [3.05, 3.63) is 46.3 Å². The van der Waals surface area contributed by atoms with Crippen LogP contribution in [0.4, 0.5) is 5.82 Å². The van der Waals surface area contributed by atoms with Crippen LogP contribution in [0.15, 0.2) is 35.7 Å². The zero-order chi connectivity index (χ0) is 14.1. The molecule has 100 valence electrons. The van der Waals surface area contributed by atoms with Crippen molar-refractivity contribution in [3.8, 4) is 22.8 Å². The summed E-state index contributed by atoms with van der Waals surface area (Å²) in [4.78, 5) is 13.4. The molecule has 0 bridgehead atoms. The maximum absolute atomic E-state index is 6.03. The summed E-state index contributed by atoms with van der Waals surface area (Å²) in [5.41, 5.74) is 9.59. The van der Waals surface area contributed by atoms with Crippen LogP contribution in [0.2, 0.25) is 0 Å². The van der Waals surface area contributed by atoms with Gasteiger partial charge in [-0.2, -0.15) is 0 Å². The Morgan fingerprint density at radius 3 is 2.40 bits per heavy atom. The number of nitrogens with zero attached hydrogens (tertiary/aromatic N) is 3. The predicted octanol–water partition coefficient (Wildman–Crippen LogP) is 3.47. The van der Waals surface area contributed by atoms with Gasteiger partial charge in [0.05, 0.1) is 10.7 Å².